The third-order valence-corrected chi connectivity index (χ3v) is 3.91. The van der Waals surface area contributed by atoms with Gasteiger partial charge >= 0.3 is 12.0 Å². The number of carboxylic acid groups (broad SMARTS) is 1. The largest absolute Gasteiger partial charge is 0.479 e. The van der Waals surface area contributed by atoms with Gasteiger partial charge in [0.15, 0.2) is 6.10 Å². The van der Waals surface area contributed by atoms with Crippen molar-refractivity contribution in [3.05, 3.63) is 29.6 Å². The summed E-state index contributed by atoms with van der Waals surface area (Å²) < 4.78 is 18.0. The standard InChI is InChI=1S/C10H9FO3.C6H12N2O/c11-7-2-4-8-6(5-7)1-3-9(14-8)10(12)13;7-6(9)8-4-2-1-3-5-8/h2,4-5,9H,1,3H2,(H,12,13);1-5H2,(H2,7,9). The van der Waals surface area contributed by atoms with E-state index in [4.69, 9.17) is 15.6 Å². The summed E-state index contributed by atoms with van der Waals surface area (Å²) in [6.07, 6.45) is 3.61. The quantitative estimate of drug-likeness (QED) is 0.828. The van der Waals surface area contributed by atoms with Gasteiger partial charge in [0.2, 0.25) is 0 Å². The fraction of sp³-hybridized carbons (Fsp3) is 0.500. The third kappa shape index (κ3) is 4.84. The van der Waals surface area contributed by atoms with Gasteiger partial charge < -0.3 is 20.5 Å². The van der Waals surface area contributed by atoms with E-state index in [2.05, 4.69) is 0 Å². The van der Waals surface area contributed by atoms with Gasteiger partial charge in [-0.15, -0.1) is 0 Å². The Morgan fingerprint density at radius 2 is 1.96 bits per heavy atom. The van der Waals surface area contributed by atoms with Gasteiger partial charge in [-0.1, -0.05) is 0 Å². The molecule has 0 saturated carbocycles. The highest BCUT2D eigenvalue weighted by Crippen LogP contribution is 2.28. The molecule has 2 aliphatic heterocycles. The van der Waals surface area contributed by atoms with Crippen LogP contribution in [0.5, 0.6) is 5.75 Å². The lowest BCUT2D eigenvalue weighted by molar-refractivity contribution is -0.145. The molecule has 2 heterocycles. The van der Waals surface area contributed by atoms with E-state index in [0.29, 0.717) is 18.6 Å². The first-order chi connectivity index (χ1) is 11.0. The summed E-state index contributed by atoms with van der Waals surface area (Å²) in [4.78, 5) is 22.8. The normalized spacial score (nSPS) is 19.7. The van der Waals surface area contributed by atoms with Crippen LogP contribution in [0.2, 0.25) is 0 Å². The Labute approximate surface area is 134 Å². The fourth-order valence-corrected chi connectivity index (χ4v) is 2.65. The molecule has 1 atom stereocenters. The number of hydrogen-bond acceptors (Lipinski definition) is 3. The molecule has 1 fully saturated rings. The molecule has 7 heteroatoms. The van der Waals surface area contributed by atoms with Crippen molar-refractivity contribution in [1.29, 1.82) is 0 Å². The van der Waals surface area contributed by atoms with Crippen molar-refractivity contribution in [1.82, 2.24) is 4.90 Å². The smallest absolute Gasteiger partial charge is 0.344 e. The van der Waals surface area contributed by atoms with E-state index in [1.54, 1.807) is 4.90 Å². The average Bonchev–Trinajstić information content (AvgIpc) is 2.55. The van der Waals surface area contributed by atoms with E-state index in [1.807, 2.05) is 0 Å². The van der Waals surface area contributed by atoms with E-state index in [1.165, 1.54) is 24.6 Å². The summed E-state index contributed by atoms with van der Waals surface area (Å²) >= 11 is 0. The molecule has 0 bridgehead atoms. The summed E-state index contributed by atoms with van der Waals surface area (Å²) in [6, 6.07) is 3.85. The van der Waals surface area contributed by atoms with Crippen LogP contribution in [0.3, 0.4) is 0 Å². The van der Waals surface area contributed by atoms with Crippen molar-refractivity contribution < 1.29 is 23.8 Å². The molecule has 1 saturated heterocycles. The Hall–Kier alpha value is -2.31. The number of urea groups is 1. The molecule has 1 unspecified atom stereocenters. The topological polar surface area (TPSA) is 92.9 Å². The number of likely N-dealkylation sites (tertiary alicyclic amines) is 1. The number of aliphatic carboxylic acids is 1. The molecular formula is C16H21FN2O4. The number of halogens is 1. The van der Waals surface area contributed by atoms with E-state index in [9.17, 15) is 14.0 Å². The number of carboxylic acids is 1. The molecule has 2 aliphatic rings. The highest BCUT2D eigenvalue weighted by molar-refractivity contribution is 5.73. The number of piperidine rings is 1. The van der Waals surface area contributed by atoms with E-state index >= 15 is 0 Å². The van der Waals surface area contributed by atoms with E-state index in [-0.39, 0.29) is 11.8 Å². The Morgan fingerprint density at radius 3 is 2.52 bits per heavy atom. The highest BCUT2D eigenvalue weighted by Gasteiger charge is 2.25. The second-order valence-corrected chi connectivity index (χ2v) is 5.62. The van der Waals surface area contributed by atoms with Crippen molar-refractivity contribution in [2.45, 2.75) is 38.2 Å². The first-order valence-electron chi connectivity index (χ1n) is 7.69. The molecule has 0 aliphatic carbocycles. The number of primary amides is 1. The van der Waals surface area contributed by atoms with Crippen LogP contribution in [0, 0.1) is 5.82 Å². The summed E-state index contributed by atoms with van der Waals surface area (Å²) in [5, 5.41) is 8.72. The van der Waals surface area contributed by atoms with Crippen molar-refractivity contribution in [3.8, 4) is 5.75 Å². The van der Waals surface area contributed by atoms with E-state index < -0.39 is 12.1 Å². The number of hydrogen-bond donors (Lipinski definition) is 2. The van der Waals surface area contributed by atoms with Gasteiger partial charge in [0, 0.05) is 13.1 Å². The van der Waals surface area contributed by atoms with Crippen LogP contribution < -0.4 is 10.5 Å². The number of ether oxygens (including phenoxy) is 1. The van der Waals surface area contributed by atoms with Crippen molar-refractivity contribution >= 4 is 12.0 Å². The van der Waals surface area contributed by atoms with E-state index in [0.717, 1.165) is 31.5 Å². The van der Waals surface area contributed by atoms with Crippen LogP contribution in [0.25, 0.3) is 0 Å². The van der Waals surface area contributed by atoms with Crippen LogP contribution in [0.15, 0.2) is 18.2 Å². The number of amides is 2. The number of nitrogens with two attached hydrogens (primary N) is 1. The maximum atomic E-state index is 12.8. The molecule has 23 heavy (non-hydrogen) atoms. The van der Waals surface area contributed by atoms with Crippen molar-refractivity contribution in [2.24, 2.45) is 5.73 Å². The Balaban J connectivity index is 0.000000185. The molecule has 1 aromatic carbocycles. The van der Waals surface area contributed by atoms with Crippen LogP contribution in [0.1, 0.15) is 31.2 Å². The van der Waals surface area contributed by atoms with Gasteiger partial charge in [0.25, 0.3) is 0 Å². The number of aryl methyl sites for hydroxylation is 1. The fourth-order valence-electron chi connectivity index (χ4n) is 2.65. The molecule has 2 amide bonds. The second-order valence-electron chi connectivity index (χ2n) is 5.62. The van der Waals surface area contributed by atoms with Crippen LogP contribution >= 0.6 is 0 Å². The van der Waals surface area contributed by atoms with Crippen molar-refractivity contribution in [2.75, 3.05) is 13.1 Å². The minimum Gasteiger partial charge on any atom is -0.479 e. The molecule has 0 spiro atoms. The number of nitrogens with zero attached hydrogens (tertiary/aromatic N) is 1. The van der Waals surface area contributed by atoms with Crippen LogP contribution in [-0.2, 0) is 11.2 Å². The summed E-state index contributed by atoms with van der Waals surface area (Å²) in [6.45, 7) is 1.71. The molecule has 0 radical (unpaired) electrons. The van der Waals surface area contributed by atoms with Gasteiger partial charge in [0.05, 0.1) is 0 Å². The molecule has 1 aromatic rings. The number of benzene rings is 1. The SMILES string of the molecule is NC(=O)N1CCCCC1.O=C(O)C1CCc2cc(F)ccc2O1. The van der Waals surface area contributed by atoms with Gasteiger partial charge in [-0.05, 0) is 55.9 Å². The molecule has 3 rings (SSSR count). The molecular weight excluding hydrogens is 303 g/mol. The molecule has 0 aromatic heterocycles. The number of rotatable bonds is 1. The second kappa shape index (κ2) is 7.80. The zero-order valence-corrected chi connectivity index (χ0v) is 12.8. The van der Waals surface area contributed by atoms with Crippen LogP contribution in [0.4, 0.5) is 9.18 Å². The maximum absolute atomic E-state index is 12.8. The predicted molar refractivity (Wildman–Crippen MR) is 81.8 cm³/mol. The molecule has 126 valence electrons. The van der Waals surface area contributed by atoms with Gasteiger partial charge in [-0.3, -0.25) is 0 Å². The average molecular weight is 324 g/mol. The third-order valence-electron chi connectivity index (χ3n) is 3.91. The monoisotopic (exact) mass is 324 g/mol. The Morgan fingerprint density at radius 1 is 1.26 bits per heavy atom. The lowest BCUT2D eigenvalue weighted by Crippen LogP contribution is -2.39. The number of carbonyl (C=O) groups excluding carboxylic acids is 1. The summed E-state index contributed by atoms with van der Waals surface area (Å²) in [5.41, 5.74) is 5.79. The minimum absolute atomic E-state index is 0.269. The zero-order valence-electron chi connectivity index (χ0n) is 12.8. The maximum Gasteiger partial charge on any atom is 0.344 e. The van der Waals surface area contributed by atoms with Gasteiger partial charge in [-0.2, -0.15) is 0 Å². The van der Waals surface area contributed by atoms with Gasteiger partial charge in [0.1, 0.15) is 11.6 Å². The first-order valence-corrected chi connectivity index (χ1v) is 7.69. The predicted octanol–water partition coefficient (Wildman–Crippen LogP) is 2.15. The minimum atomic E-state index is -0.972. The Bertz CT molecular complexity index is 573. The molecule has 3 N–H and O–H groups in total. The van der Waals surface area contributed by atoms with Gasteiger partial charge in [-0.25, -0.2) is 14.0 Å². The number of fused-ring (bicyclic) bond motifs is 1. The lowest BCUT2D eigenvalue weighted by Gasteiger charge is -2.24. The summed E-state index contributed by atoms with van der Waals surface area (Å²) in [5.74, 6) is -0.814. The van der Waals surface area contributed by atoms with Crippen molar-refractivity contribution in [3.63, 3.8) is 0 Å². The first kappa shape index (κ1) is 17.1. The molecule has 6 nitrogen and oxygen atoms in total. The summed E-state index contributed by atoms with van der Waals surface area (Å²) in [7, 11) is 0. The van der Waals surface area contributed by atoms with Crippen LogP contribution in [-0.4, -0.2) is 41.2 Å². The zero-order chi connectivity index (χ0) is 16.8. The number of carbonyl (C=O) groups is 2. The highest BCUT2D eigenvalue weighted by atomic mass is 19.1. The lowest BCUT2D eigenvalue weighted by atomic mass is 10.0. The Kier molecular flexibility index (Phi) is 5.78.